The minimum Gasteiger partial charge on any atom is -0.493 e. The van der Waals surface area contributed by atoms with Gasteiger partial charge in [-0.05, 0) is 42.7 Å². The van der Waals surface area contributed by atoms with Crippen molar-refractivity contribution in [3.05, 3.63) is 59.2 Å². The van der Waals surface area contributed by atoms with Gasteiger partial charge in [0.05, 0.1) is 7.11 Å². The van der Waals surface area contributed by atoms with Crippen LogP contribution >= 0.6 is 0 Å². The Labute approximate surface area is 154 Å². The summed E-state index contributed by atoms with van der Waals surface area (Å²) in [5.74, 6) is 0.998. The molecule has 0 saturated heterocycles. The number of aliphatic hydroxyl groups is 1. The van der Waals surface area contributed by atoms with Gasteiger partial charge in [0, 0.05) is 25.2 Å². The molecule has 26 heavy (non-hydrogen) atoms. The molecule has 2 aromatic rings. The molecule has 0 spiro atoms. The van der Waals surface area contributed by atoms with Crippen LogP contribution in [-0.4, -0.2) is 48.7 Å². The number of aliphatic hydroxyl groups excluding tert-OH is 1. The van der Waals surface area contributed by atoms with Gasteiger partial charge in [0.1, 0.15) is 12.7 Å². The van der Waals surface area contributed by atoms with Gasteiger partial charge in [-0.25, -0.2) is 0 Å². The Morgan fingerprint density at radius 2 is 1.96 bits per heavy atom. The van der Waals surface area contributed by atoms with Crippen molar-refractivity contribution in [1.82, 2.24) is 4.90 Å². The number of nitrogens with zero attached hydrogens (tertiary/aromatic N) is 1. The second kappa shape index (κ2) is 8.34. The van der Waals surface area contributed by atoms with Crippen molar-refractivity contribution < 1.29 is 19.4 Å². The van der Waals surface area contributed by atoms with E-state index in [0.29, 0.717) is 23.6 Å². The van der Waals surface area contributed by atoms with Crippen LogP contribution in [0, 0.1) is 0 Å². The number of rotatable bonds is 7. The molecule has 0 unspecified atom stereocenters. The lowest BCUT2D eigenvalue weighted by Gasteiger charge is -2.30. The first-order valence-electron chi connectivity index (χ1n) is 8.86. The first-order valence-corrected chi connectivity index (χ1v) is 8.86. The maximum atomic E-state index is 11.5. The molecule has 0 bridgehead atoms. The summed E-state index contributed by atoms with van der Waals surface area (Å²) in [6.45, 7) is 4.03. The van der Waals surface area contributed by atoms with Crippen molar-refractivity contribution in [3.63, 3.8) is 0 Å². The van der Waals surface area contributed by atoms with Crippen molar-refractivity contribution >= 4 is 5.78 Å². The topological polar surface area (TPSA) is 59.0 Å². The lowest BCUT2D eigenvalue weighted by molar-refractivity contribution is 0.0628. The molecule has 138 valence electrons. The summed E-state index contributed by atoms with van der Waals surface area (Å²) in [5, 5.41) is 10.4. The minimum absolute atomic E-state index is 0.0275. The van der Waals surface area contributed by atoms with E-state index in [1.54, 1.807) is 18.2 Å². The van der Waals surface area contributed by atoms with Crippen molar-refractivity contribution in [2.45, 2.75) is 26.0 Å². The Kier molecular flexibility index (Phi) is 5.91. The van der Waals surface area contributed by atoms with Crippen LogP contribution in [0.15, 0.2) is 42.5 Å². The van der Waals surface area contributed by atoms with E-state index in [1.165, 1.54) is 25.2 Å². The molecule has 0 amide bonds. The Balaban J connectivity index is 1.55. The number of ketones is 1. The van der Waals surface area contributed by atoms with Crippen molar-refractivity contribution in [3.8, 4) is 11.5 Å². The molecule has 0 aromatic heterocycles. The van der Waals surface area contributed by atoms with Gasteiger partial charge in [-0.3, -0.25) is 9.69 Å². The largest absolute Gasteiger partial charge is 0.493 e. The van der Waals surface area contributed by atoms with Crippen LogP contribution in [-0.2, 0) is 13.0 Å². The number of hydrogen-bond acceptors (Lipinski definition) is 5. The second-order valence-electron chi connectivity index (χ2n) is 6.64. The molecular formula is C21H25NO4. The van der Waals surface area contributed by atoms with E-state index in [2.05, 4.69) is 29.2 Å². The molecule has 5 nitrogen and oxygen atoms in total. The molecule has 1 aliphatic heterocycles. The fourth-order valence-corrected chi connectivity index (χ4v) is 3.25. The third-order valence-electron chi connectivity index (χ3n) is 4.68. The van der Waals surface area contributed by atoms with Gasteiger partial charge >= 0.3 is 0 Å². The molecule has 0 aliphatic carbocycles. The molecule has 1 atom stereocenters. The minimum atomic E-state index is -0.600. The Hall–Kier alpha value is -2.37. The summed E-state index contributed by atoms with van der Waals surface area (Å²) in [7, 11) is 1.54. The molecule has 0 saturated carbocycles. The molecule has 3 rings (SSSR count). The van der Waals surface area contributed by atoms with E-state index >= 15 is 0 Å². The van der Waals surface area contributed by atoms with Gasteiger partial charge in [0.25, 0.3) is 0 Å². The smallest absolute Gasteiger partial charge is 0.161 e. The summed E-state index contributed by atoms with van der Waals surface area (Å²) in [6, 6.07) is 13.5. The molecule has 5 heteroatoms. The molecule has 0 radical (unpaired) electrons. The average molecular weight is 355 g/mol. The Bertz CT molecular complexity index is 774. The fourth-order valence-electron chi connectivity index (χ4n) is 3.25. The summed E-state index contributed by atoms with van der Waals surface area (Å²) in [6.07, 6.45) is 0.404. The lowest BCUT2D eigenvalue weighted by Crippen LogP contribution is -2.38. The van der Waals surface area contributed by atoms with E-state index in [1.807, 2.05) is 0 Å². The zero-order valence-electron chi connectivity index (χ0n) is 15.3. The standard InChI is InChI=1S/C21H25NO4/c1-15(23)17-7-8-20(21(11-17)25-2)26-14-19(24)13-22-10-9-16-5-3-4-6-18(16)12-22/h3-8,11,19,24H,9-10,12-14H2,1-2H3/t19-/m0/s1. The zero-order valence-corrected chi connectivity index (χ0v) is 15.3. The number of β-amino-alcohol motifs (C(OH)–C–C–N with tert-alkyl or cyclic N) is 1. The summed E-state index contributed by atoms with van der Waals surface area (Å²) < 4.78 is 11.0. The molecular weight excluding hydrogens is 330 g/mol. The van der Waals surface area contributed by atoms with Gasteiger partial charge in [-0.15, -0.1) is 0 Å². The van der Waals surface area contributed by atoms with Gasteiger partial charge in [-0.2, -0.15) is 0 Å². The van der Waals surface area contributed by atoms with Crippen molar-refractivity contribution in [1.29, 1.82) is 0 Å². The van der Waals surface area contributed by atoms with Crippen LogP contribution in [0.3, 0.4) is 0 Å². The maximum Gasteiger partial charge on any atom is 0.161 e. The first kappa shape index (κ1) is 18.4. The van der Waals surface area contributed by atoms with Gasteiger partial charge in [0.15, 0.2) is 17.3 Å². The van der Waals surface area contributed by atoms with Crippen LogP contribution in [0.25, 0.3) is 0 Å². The number of benzene rings is 2. The van der Waals surface area contributed by atoms with Crippen LogP contribution in [0.1, 0.15) is 28.4 Å². The highest BCUT2D eigenvalue weighted by atomic mass is 16.5. The summed E-state index contributed by atoms with van der Waals surface area (Å²) in [4.78, 5) is 13.7. The number of carbonyl (C=O) groups is 1. The van der Waals surface area contributed by atoms with Crippen LogP contribution in [0.4, 0.5) is 0 Å². The first-order chi connectivity index (χ1) is 12.6. The number of hydrogen-bond donors (Lipinski definition) is 1. The Morgan fingerprint density at radius 1 is 1.19 bits per heavy atom. The van der Waals surface area contributed by atoms with E-state index in [9.17, 15) is 9.90 Å². The highest BCUT2D eigenvalue weighted by Crippen LogP contribution is 2.28. The summed E-state index contributed by atoms with van der Waals surface area (Å²) >= 11 is 0. The van der Waals surface area contributed by atoms with Gasteiger partial charge in [-0.1, -0.05) is 24.3 Å². The molecule has 0 fully saturated rings. The van der Waals surface area contributed by atoms with Gasteiger partial charge < -0.3 is 14.6 Å². The predicted molar refractivity (Wildman–Crippen MR) is 99.9 cm³/mol. The van der Waals surface area contributed by atoms with Crippen molar-refractivity contribution in [2.75, 3.05) is 26.8 Å². The van der Waals surface area contributed by atoms with Gasteiger partial charge in [0.2, 0.25) is 0 Å². The molecule has 1 heterocycles. The second-order valence-corrected chi connectivity index (χ2v) is 6.64. The number of ether oxygens (including phenoxy) is 2. The number of carbonyl (C=O) groups excluding carboxylic acids is 1. The monoisotopic (exact) mass is 355 g/mol. The Morgan fingerprint density at radius 3 is 2.69 bits per heavy atom. The lowest BCUT2D eigenvalue weighted by atomic mass is 10.00. The molecule has 1 N–H and O–H groups in total. The average Bonchev–Trinajstić information content (AvgIpc) is 2.66. The highest BCUT2D eigenvalue weighted by molar-refractivity contribution is 5.94. The highest BCUT2D eigenvalue weighted by Gasteiger charge is 2.19. The normalized spacial score (nSPS) is 15.2. The quantitative estimate of drug-likeness (QED) is 0.774. The number of fused-ring (bicyclic) bond motifs is 1. The predicted octanol–water partition coefficient (Wildman–Crippen LogP) is 2.70. The van der Waals surface area contributed by atoms with E-state index < -0.39 is 6.10 Å². The number of Topliss-reactive ketones (excluding diaryl/α,β-unsaturated/α-hetero) is 1. The number of methoxy groups -OCH3 is 1. The fraction of sp³-hybridized carbons (Fsp3) is 0.381. The molecule has 1 aliphatic rings. The molecule has 2 aromatic carbocycles. The van der Waals surface area contributed by atoms with Crippen LogP contribution in [0.2, 0.25) is 0 Å². The third kappa shape index (κ3) is 4.42. The van der Waals surface area contributed by atoms with Crippen LogP contribution in [0.5, 0.6) is 11.5 Å². The van der Waals surface area contributed by atoms with E-state index in [4.69, 9.17) is 9.47 Å². The van der Waals surface area contributed by atoms with E-state index in [0.717, 1.165) is 19.5 Å². The summed E-state index contributed by atoms with van der Waals surface area (Å²) in [5.41, 5.74) is 3.29. The van der Waals surface area contributed by atoms with Crippen molar-refractivity contribution in [2.24, 2.45) is 0 Å². The zero-order chi connectivity index (χ0) is 18.5. The van der Waals surface area contributed by atoms with E-state index in [-0.39, 0.29) is 12.4 Å². The maximum absolute atomic E-state index is 11.5. The SMILES string of the molecule is COc1cc(C(C)=O)ccc1OC[C@@H](O)CN1CCc2ccccc2C1. The van der Waals surface area contributed by atoms with Crippen LogP contribution < -0.4 is 9.47 Å². The third-order valence-corrected chi connectivity index (χ3v) is 4.68.